The van der Waals surface area contributed by atoms with E-state index in [2.05, 4.69) is 25.2 Å². The van der Waals surface area contributed by atoms with Gasteiger partial charge in [-0.25, -0.2) is 23.8 Å². The molecule has 1 N–H and O–H groups in total. The number of anilines is 1. The summed E-state index contributed by atoms with van der Waals surface area (Å²) < 4.78 is 44.1. The van der Waals surface area contributed by atoms with Crippen molar-refractivity contribution in [2.24, 2.45) is 0 Å². The van der Waals surface area contributed by atoms with Gasteiger partial charge in [0.25, 0.3) is 11.8 Å². The molecule has 12 heteroatoms. The summed E-state index contributed by atoms with van der Waals surface area (Å²) in [5, 5.41) is 2.77. The Kier molecular flexibility index (Phi) is 9.76. The molecule has 0 spiro atoms. The summed E-state index contributed by atoms with van der Waals surface area (Å²) in [7, 11) is 1.59. The third-order valence-electron chi connectivity index (χ3n) is 7.69. The number of hydrogen-bond donors (Lipinski definition) is 1. The van der Waals surface area contributed by atoms with Crippen LogP contribution in [0.25, 0.3) is 10.9 Å². The minimum Gasteiger partial charge on any atom is -0.493 e. The maximum Gasteiger partial charge on any atom is 0.265 e. The zero-order chi connectivity index (χ0) is 30.4. The van der Waals surface area contributed by atoms with Crippen molar-refractivity contribution in [3.8, 4) is 17.2 Å². The summed E-state index contributed by atoms with van der Waals surface area (Å²) >= 11 is 0. The van der Waals surface area contributed by atoms with Crippen LogP contribution in [0.1, 0.15) is 43.5 Å². The summed E-state index contributed by atoms with van der Waals surface area (Å²) in [4.78, 5) is 26.1. The Morgan fingerprint density at radius 1 is 1.00 bits per heavy atom. The number of nitrogens with zero attached hydrogens (tertiary/aromatic N) is 5. The number of alkyl halides is 2. The predicted octanol–water partition coefficient (Wildman–Crippen LogP) is 4.39. The van der Waals surface area contributed by atoms with Crippen molar-refractivity contribution in [2.45, 2.75) is 45.1 Å². The van der Waals surface area contributed by atoms with Crippen LogP contribution in [-0.4, -0.2) is 97.3 Å². The van der Waals surface area contributed by atoms with Crippen molar-refractivity contribution in [1.82, 2.24) is 25.3 Å². The highest BCUT2D eigenvalue weighted by atomic mass is 19.3. The number of likely N-dealkylation sites (tertiary alicyclic amines) is 1. The molecule has 2 aliphatic heterocycles. The monoisotopic (exact) mass is 598 g/mol. The van der Waals surface area contributed by atoms with Crippen LogP contribution in [0.3, 0.4) is 0 Å². The van der Waals surface area contributed by atoms with Crippen LogP contribution in [0.4, 0.5) is 14.6 Å². The van der Waals surface area contributed by atoms with Gasteiger partial charge in [-0.15, -0.1) is 0 Å². The molecule has 2 fully saturated rings. The number of piperazine rings is 1. The molecule has 3 heterocycles. The van der Waals surface area contributed by atoms with Crippen LogP contribution < -0.4 is 24.5 Å². The van der Waals surface area contributed by atoms with Gasteiger partial charge in [0, 0.05) is 75.7 Å². The highest BCUT2D eigenvalue weighted by molar-refractivity contribution is 5.94. The molecule has 0 aliphatic carbocycles. The number of amides is 1. The molecule has 232 valence electrons. The van der Waals surface area contributed by atoms with Crippen molar-refractivity contribution in [3.63, 3.8) is 0 Å². The first-order chi connectivity index (χ1) is 20.7. The molecule has 1 amide bonds. The molecule has 3 aromatic rings. The Balaban J connectivity index is 1.15. The van der Waals surface area contributed by atoms with E-state index in [1.165, 1.54) is 0 Å². The van der Waals surface area contributed by atoms with E-state index < -0.39 is 5.92 Å². The SMILES string of the molecule is COc1cc2c(N3CCN(NC(=O)c4ccc(OC(C)C)cc4)CC3)ncnc2cc1OCCCN1CCC(F)(F)CC1. The van der Waals surface area contributed by atoms with Crippen LogP contribution >= 0.6 is 0 Å². The molecule has 1 aromatic heterocycles. The van der Waals surface area contributed by atoms with Gasteiger partial charge in [-0.1, -0.05) is 0 Å². The van der Waals surface area contributed by atoms with Crippen molar-refractivity contribution < 1.29 is 27.8 Å². The normalized spacial score (nSPS) is 17.7. The molecule has 0 unspecified atom stereocenters. The van der Waals surface area contributed by atoms with E-state index in [0.717, 1.165) is 28.9 Å². The van der Waals surface area contributed by atoms with E-state index in [4.69, 9.17) is 14.2 Å². The van der Waals surface area contributed by atoms with Crippen molar-refractivity contribution in [2.75, 3.05) is 64.4 Å². The number of piperidine rings is 1. The maximum absolute atomic E-state index is 13.4. The number of hydrazine groups is 1. The van der Waals surface area contributed by atoms with Gasteiger partial charge in [0.15, 0.2) is 11.5 Å². The number of ether oxygens (including phenoxy) is 3. The van der Waals surface area contributed by atoms with Crippen LogP contribution in [0.15, 0.2) is 42.7 Å². The molecule has 0 bridgehead atoms. The molecule has 5 rings (SSSR count). The zero-order valence-corrected chi connectivity index (χ0v) is 25.0. The standard InChI is InChI=1S/C31H40F2N6O4/c1-22(2)43-24-7-5-23(6-8-24)30(40)36-39-16-14-38(15-17-39)29-25-19-27(41-3)28(20-26(25)34-21-35-29)42-18-4-11-37-12-9-31(32,33)10-13-37/h5-8,19-22H,4,9-18H2,1-3H3,(H,36,40). The second-order valence-electron chi connectivity index (χ2n) is 11.2. The van der Waals surface area contributed by atoms with Crippen LogP contribution in [0, 0.1) is 0 Å². The number of methoxy groups -OCH3 is 1. The zero-order valence-electron chi connectivity index (χ0n) is 25.0. The first-order valence-corrected chi connectivity index (χ1v) is 14.8. The van der Waals surface area contributed by atoms with Crippen LogP contribution in [0.2, 0.25) is 0 Å². The molecular formula is C31H40F2N6O4. The summed E-state index contributed by atoms with van der Waals surface area (Å²) in [5.41, 5.74) is 4.31. The number of carbonyl (C=O) groups excluding carboxylic acids is 1. The van der Waals surface area contributed by atoms with E-state index >= 15 is 0 Å². The third-order valence-corrected chi connectivity index (χ3v) is 7.69. The average Bonchev–Trinajstić information content (AvgIpc) is 2.99. The largest absolute Gasteiger partial charge is 0.493 e. The summed E-state index contributed by atoms with van der Waals surface area (Å²) in [6.45, 7) is 8.47. The second kappa shape index (κ2) is 13.7. The summed E-state index contributed by atoms with van der Waals surface area (Å²) in [5.74, 6) is -0.00251. The van der Waals surface area contributed by atoms with Gasteiger partial charge >= 0.3 is 0 Å². The number of fused-ring (bicyclic) bond motifs is 1. The lowest BCUT2D eigenvalue weighted by atomic mass is 10.1. The Bertz CT molecular complexity index is 1370. The molecule has 0 radical (unpaired) electrons. The number of aromatic nitrogens is 2. The fourth-order valence-electron chi connectivity index (χ4n) is 5.34. The van der Waals surface area contributed by atoms with Gasteiger partial charge < -0.3 is 24.0 Å². The number of halogens is 2. The second-order valence-corrected chi connectivity index (χ2v) is 11.2. The summed E-state index contributed by atoms with van der Waals surface area (Å²) in [6.07, 6.45) is 2.17. The molecular weight excluding hydrogens is 558 g/mol. The number of carbonyl (C=O) groups is 1. The van der Waals surface area contributed by atoms with Gasteiger partial charge in [0.1, 0.15) is 17.9 Å². The Morgan fingerprint density at radius 2 is 1.72 bits per heavy atom. The summed E-state index contributed by atoms with van der Waals surface area (Å²) in [6, 6.07) is 10.9. The topological polar surface area (TPSA) is 92.3 Å². The Hall–Kier alpha value is -3.77. The van der Waals surface area contributed by atoms with Crippen molar-refractivity contribution >= 4 is 22.6 Å². The first-order valence-electron chi connectivity index (χ1n) is 14.8. The minimum absolute atomic E-state index is 0.0720. The average molecular weight is 599 g/mol. The molecule has 10 nitrogen and oxygen atoms in total. The van der Waals surface area contributed by atoms with E-state index in [0.29, 0.717) is 69.5 Å². The minimum atomic E-state index is -2.54. The van der Waals surface area contributed by atoms with Gasteiger partial charge in [-0.05, 0) is 50.6 Å². The Morgan fingerprint density at radius 3 is 2.40 bits per heavy atom. The van der Waals surface area contributed by atoms with E-state index in [-0.39, 0.29) is 24.9 Å². The molecule has 0 saturated carbocycles. The number of hydrogen-bond acceptors (Lipinski definition) is 9. The van der Waals surface area contributed by atoms with Crippen LogP contribution in [-0.2, 0) is 0 Å². The molecule has 2 saturated heterocycles. The quantitative estimate of drug-likeness (QED) is 0.323. The lowest BCUT2D eigenvalue weighted by Gasteiger charge is -2.35. The predicted molar refractivity (Wildman–Crippen MR) is 160 cm³/mol. The van der Waals surface area contributed by atoms with E-state index in [9.17, 15) is 13.6 Å². The highest BCUT2D eigenvalue weighted by Crippen LogP contribution is 2.35. The maximum atomic E-state index is 13.4. The number of nitrogens with one attached hydrogen (secondary N) is 1. The fraction of sp³-hybridized carbons (Fsp3) is 0.516. The molecule has 43 heavy (non-hydrogen) atoms. The van der Waals surface area contributed by atoms with Gasteiger partial charge in [0.2, 0.25) is 0 Å². The molecule has 2 aliphatic rings. The first kappa shape index (κ1) is 30.7. The van der Waals surface area contributed by atoms with E-state index in [1.54, 1.807) is 37.7 Å². The number of rotatable bonds is 11. The lowest BCUT2D eigenvalue weighted by molar-refractivity contribution is -0.0554. The fourth-order valence-corrected chi connectivity index (χ4v) is 5.34. The third kappa shape index (κ3) is 7.99. The molecule has 0 atom stereocenters. The van der Waals surface area contributed by atoms with Crippen LogP contribution in [0.5, 0.6) is 17.2 Å². The van der Waals surface area contributed by atoms with Gasteiger partial charge in [-0.2, -0.15) is 0 Å². The number of benzene rings is 2. The van der Waals surface area contributed by atoms with Crippen molar-refractivity contribution in [1.29, 1.82) is 0 Å². The van der Waals surface area contributed by atoms with E-state index in [1.807, 2.05) is 31.0 Å². The smallest absolute Gasteiger partial charge is 0.265 e. The van der Waals surface area contributed by atoms with Gasteiger partial charge in [-0.3, -0.25) is 10.2 Å². The molecule has 2 aromatic carbocycles. The Labute approximate surface area is 250 Å². The highest BCUT2D eigenvalue weighted by Gasteiger charge is 2.33. The van der Waals surface area contributed by atoms with Gasteiger partial charge in [0.05, 0.1) is 25.3 Å². The lowest BCUT2D eigenvalue weighted by Crippen LogP contribution is -2.53. The van der Waals surface area contributed by atoms with Crippen molar-refractivity contribution in [3.05, 3.63) is 48.3 Å².